The summed E-state index contributed by atoms with van der Waals surface area (Å²) in [5.41, 5.74) is 3.39. The van der Waals surface area contributed by atoms with Crippen LogP contribution in [-0.4, -0.2) is 28.3 Å². The van der Waals surface area contributed by atoms with Gasteiger partial charge in [0.15, 0.2) is 5.82 Å². The van der Waals surface area contributed by atoms with E-state index in [-0.39, 0.29) is 5.92 Å². The van der Waals surface area contributed by atoms with E-state index in [4.69, 9.17) is 14.2 Å². The Morgan fingerprint density at radius 3 is 2.75 bits per heavy atom. The summed E-state index contributed by atoms with van der Waals surface area (Å²) in [4.78, 5) is 10.4. The maximum atomic E-state index is 5.46. The van der Waals surface area contributed by atoms with Crippen LogP contribution in [0.25, 0.3) is 11.3 Å². The normalized spacial score (nSPS) is 17.5. The summed E-state index contributed by atoms with van der Waals surface area (Å²) in [7, 11) is 0. The molecular formula is C18H19N3O2S. The number of aromatic nitrogens is 3. The molecule has 0 aliphatic carbocycles. The smallest absolute Gasteiger partial charge is 0.231 e. The summed E-state index contributed by atoms with van der Waals surface area (Å²) >= 11 is 1.69. The first-order valence-corrected chi connectivity index (χ1v) is 8.94. The summed E-state index contributed by atoms with van der Waals surface area (Å²) in [6, 6.07) is 8.45. The third-order valence-electron chi connectivity index (χ3n) is 4.22. The van der Waals surface area contributed by atoms with Crippen LogP contribution in [0.1, 0.15) is 39.5 Å². The summed E-state index contributed by atoms with van der Waals surface area (Å²) in [6.07, 6.45) is 1.59. The molecule has 6 heteroatoms. The van der Waals surface area contributed by atoms with E-state index in [1.165, 1.54) is 5.56 Å². The van der Waals surface area contributed by atoms with Crippen molar-refractivity contribution >= 4 is 11.3 Å². The largest absolute Gasteiger partial charge is 0.381 e. The lowest BCUT2D eigenvalue weighted by Gasteiger charge is -2.01. The fourth-order valence-corrected chi connectivity index (χ4v) is 3.86. The molecule has 3 heterocycles. The van der Waals surface area contributed by atoms with Crippen molar-refractivity contribution in [3.05, 3.63) is 51.4 Å². The molecule has 0 spiro atoms. The number of hydrogen-bond acceptors (Lipinski definition) is 6. The highest BCUT2D eigenvalue weighted by molar-refractivity contribution is 7.12. The van der Waals surface area contributed by atoms with Gasteiger partial charge in [0.25, 0.3) is 0 Å². The highest BCUT2D eigenvalue weighted by Crippen LogP contribution is 2.30. The SMILES string of the molecule is Cc1ccc(-c2nc(C)sc2Cc2nc([C@@H]3CCOC3)no2)cc1. The van der Waals surface area contributed by atoms with Crippen molar-refractivity contribution in [3.63, 3.8) is 0 Å². The van der Waals surface area contributed by atoms with Gasteiger partial charge in [-0.2, -0.15) is 4.98 Å². The van der Waals surface area contributed by atoms with E-state index in [9.17, 15) is 0 Å². The minimum absolute atomic E-state index is 0.266. The number of aryl methyl sites for hydroxylation is 2. The van der Waals surface area contributed by atoms with Gasteiger partial charge in [0.1, 0.15) is 0 Å². The van der Waals surface area contributed by atoms with Crippen LogP contribution in [0.4, 0.5) is 0 Å². The summed E-state index contributed by atoms with van der Waals surface area (Å²) in [5, 5.41) is 5.18. The Hall–Kier alpha value is -2.05. The molecule has 24 heavy (non-hydrogen) atoms. The number of thiazole rings is 1. The van der Waals surface area contributed by atoms with E-state index < -0.39 is 0 Å². The predicted molar refractivity (Wildman–Crippen MR) is 92.3 cm³/mol. The van der Waals surface area contributed by atoms with Crippen molar-refractivity contribution in [1.82, 2.24) is 15.1 Å². The number of benzene rings is 1. The summed E-state index contributed by atoms with van der Waals surface area (Å²) in [6.45, 7) is 5.58. The van der Waals surface area contributed by atoms with Crippen LogP contribution in [0, 0.1) is 13.8 Å². The van der Waals surface area contributed by atoms with E-state index in [0.29, 0.717) is 18.9 Å². The first-order valence-electron chi connectivity index (χ1n) is 8.12. The first-order chi connectivity index (χ1) is 11.7. The molecule has 4 rings (SSSR count). The summed E-state index contributed by atoms with van der Waals surface area (Å²) < 4.78 is 10.9. The minimum atomic E-state index is 0.266. The fourth-order valence-electron chi connectivity index (χ4n) is 2.91. The Morgan fingerprint density at radius 1 is 1.17 bits per heavy atom. The molecule has 1 aliphatic rings. The average Bonchev–Trinajstić information content (AvgIpc) is 3.29. The number of ether oxygens (including phenoxy) is 1. The lowest BCUT2D eigenvalue weighted by molar-refractivity contribution is 0.192. The standard InChI is InChI=1S/C18H19N3O2S/c1-11-3-5-13(6-4-11)17-15(24-12(2)19-17)9-16-20-18(21-23-16)14-7-8-22-10-14/h3-6,14H,7-10H2,1-2H3/t14-/m1/s1. The minimum Gasteiger partial charge on any atom is -0.381 e. The Balaban J connectivity index is 1.59. The molecule has 124 valence electrons. The molecular weight excluding hydrogens is 322 g/mol. The molecule has 5 nitrogen and oxygen atoms in total. The molecule has 2 aromatic heterocycles. The van der Waals surface area contributed by atoms with Crippen LogP contribution >= 0.6 is 11.3 Å². The second-order valence-electron chi connectivity index (χ2n) is 6.15. The molecule has 1 aromatic carbocycles. The van der Waals surface area contributed by atoms with Gasteiger partial charge in [-0.1, -0.05) is 35.0 Å². The van der Waals surface area contributed by atoms with Gasteiger partial charge in [0, 0.05) is 23.0 Å². The van der Waals surface area contributed by atoms with Crippen molar-refractivity contribution in [3.8, 4) is 11.3 Å². The fraction of sp³-hybridized carbons (Fsp3) is 0.389. The topological polar surface area (TPSA) is 61.0 Å². The number of nitrogens with zero attached hydrogens (tertiary/aromatic N) is 3. The average molecular weight is 341 g/mol. The second kappa shape index (κ2) is 6.45. The van der Waals surface area contributed by atoms with Crippen molar-refractivity contribution < 1.29 is 9.26 Å². The Kier molecular flexibility index (Phi) is 4.16. The Morgan fingerprint density at radius 2 is 2.00 bits per heavy atom. The van der Waals surface area contributed by atoms with E-state index in [1.807, 2.05) is 6.92 Å². The van der Waals surface area contributed by atoms with Crippen LogP contribution < -0.4 is 0 Å². The maximum Gasteiger partial charge on any atom is 0.231 e. The zero-order valence-electron chi connectivity index (χ0n) is 13.8. The lowest BCUT2D eigenvalue weighted by atomic mass is 10.1. The van der Waals surface area contributed by atoms with Gasteiger partial charge < -0.3 is 9.26 Å². The van der Waals surface area contributed by atoms with Gasteiger partial charge in [0.2, 0.25) is 5.89 Å². The third-order valence-corrected chi connectivity index (χ3v) is 5.19. The Labute approximate surface area is 144 Å². The lowest BCUT2D eigenvalue weighted by Crippen LogP contribution is -2.00. The molecule has 0 amide bonds. The van der Waals surface area contributed by atoms with E-state index in [1.54, 1.807) is 11.3 Å². The van der Waals surface area contributed by atoms with Crippen molar-refractivity contribution in [1.29, 1.82) is 0 Å². The second-order valence-corrected chi connectivity index (χ2v) is 7.44. The van der Waals surface area contributed by atoms with Crippen molar-refractivity contribution in [2.45, 2.75) is 32.6 Å². The molecule has 0 bridgehead atoms. The first kappa shape index (κ1) is 15.5. The van der Waals surface area contributed by atoms with Gasteiger partial charge in [-0.25, -0.2) is 4.98 Å². The van der Waals surface area contributed by atoms with E-state index >= 15 is 0 Å². The van der Waals surface area contributed by atoms with Crippen LogP contribution in [-0.2, 0) is 11.2 Å². The highest BCUT2D eigenvalue weighted by atomic mass is 32.1. The van der Waals surface area contributed by atoms with Crippen LogP contribution in [0.3, 0.4) is 0 Å². The molecule has 0 N–H and O–H groups in total. The van der Waals surface area contributed by atoms with Crippen LogP contribution in [0.15, 0.2) is 28.8 Å². The predicted octanol–water partition coefficient (Wildman–Crippen LogP) is 3.90. The highest BCUT2D eigenvalue weighted by Gasteiger charge is 2.24. The molecule has 3 aromatic rings. The van der Waals surface area contributed by atoms with Crippen molar-refractivity contribution in [2.24, 2.45) is 0 Å². The quantitative estimate of drug-likeness (QED) is 0.720. The summed E-state index contributed by atoms with van der Waals surface area (Å²) in [5.74, 6) is 1.68. The van der Waals surface area contributed by atoms with Crippen molar-refractivity contribution in [2.75, 3.05) is 13.2 Å². The maximum absolute atomic E-state index is 5.46. The van der Waals surface area contributed by atoms with Gasteiger partial charge in [-0.05, 0) is 20.3 Å². The van der Waals surface area contributed by atoms with Crippen LogP contribution in [0.5, 0.6) is 0 Å². The van der Waals surface area contributed by atoms with Gasteiger partial charge >= 0.3 is 0 Å². The number of hydrogen-bond donors (Lipinski definition) is 0. The zero-order chi connectivity index (χ0) is 16.5. The van der Waals surface area contributed by atoms with E-state index in [2.05, 4.69) is 41.3 Å². The molecule has 0 saturated carbocycles. The van der Waals surface area contributed by atoms with Crippen LogP contribution in [0.2, 0.25) is 0 Å². The van der Waals surface area contributed by atoms with Gasteiger partial charge in [0.05, 0.1) is 23.7 Å². The van der Waals surface area contributed by atoms with Gasteiger partial charge in [-0.3, -0.25) is 0 Å². The Bertz CT molecular complexity index is 832. The third kappa shape index (κ3) is 3.12. The van der Waals surface area contributed by atoms with Gasteiger partial charge in [-0.15, -0.1) is 11.3 Å². The molecule has 1 saturated heterocycles. The molecule has 1 fully saturated rings. The molecule has 1 atom stereocenters. The molecule has 0 radical (unpaired) electrons. The number of rotatable bonds is 4. The molecule has 0 unspecified atom stereocenters. The van der Waals surface area contributed by atoms with E-state index in [0.717, 1.165) is 40.0 Å². The zero-order valence-corrected chi connectivity index (χ0v) is 14.6. The molecule has 1 aliphatic heterocycles. The monoisotopic (exact) mass is 341 g/mol.